The van der Waals surface area contributed by atoms with Gasteiger partial charge in [0.15, 0.2) is 0 Å². The summed E-state index contributed by atoms with van der Waals surface area (Å²) >= 11 is 6.36. The van der Waals surface area contributed by atoms with Crippen LogP contribution < -0.4 is 10.1 Å². The van der Waals surface area contributed by atoms with Gasteiger partial charge in [0.05, 0.1) is 11.1 Å². The summed E-state index contributed by atoms with van der Waals surface area (Å²) < 4.78 is 6.07. The predicted molar refractivity (Wildman–Crippen MR) is 83.4 cm³/mol. The van der Waals surface area contributed by atoms with Crippen LogP contribution >= 0.6 is 11.6 Å². The van der Waals surface area contributed by atoms with Crippen molar-refractivity contribution in [2.45, 2.75) is 64.1 Å². The van der Waals surface area contributed by atoms with Crippen LogP contribution in [0.3, 0.4) is 0 Å². The Morgan fingerprint density at radius 2 is 1.90 bits per heavy atom. The molecule has 2 aliphatic rings. The van der Waals surface area contributed by atoms with Gasteiger partial charge >= 0.3 is 0 Å². The first-order valence-corrected chi connectivity index (χ1v) is 8.27. The topological polar surface area (TPSA) is 21.3 Å². The number of hydrogen-bond donors (Lipinski definition) is 1. The van der Waals surface area contributed by atoms with Gasteiger partial charge in [-0.3, -0.25) is 0 Å². The lowest BCUT2D eigenvalue weighted by molar-refractivity contribution is 0.135. The van der Waals surface area contributed by atoms with Crippen LogP contribution in [0.4, 0.5) is 0 Å². The van der Waals surface area contributed by atoms with Crippen LogP contribution in [0, 0.1) is 5.92 Å². The Morgan fingerprint density at radius 1 is 1.15 bits per heavy atom. The summed E-state index contributed by atoms with van der Waals surface area (Å²) in [4.78, 5) is 0. The van der Waals surface area contributed by atoms with Crippen LogP contribution in [0.25, 0.3) is 0 Å². The van der Waals surface area contributed by atoms with Crippen LogP contribution in [-0.4, -0.2) is 12.1 Å². The van der Waals surface area contributed by atoms with E-state index in [1.807, 2.05) is 12.1 Å². The van der Waals surface area contributed by atoms with E-state index in [0.29, 0.717) is 6.10 Å². The summed E-state index contributed by atoms with van der Waals surface area (Å²) in [5.41, 5.74) is 1.24. The zero-order valence-electron chi connectivity index (χ0n) is 12.2. The number of hydrogen-bond acceptors (Lipinski definition) is 2. The molecule has 2 saturated carbocycles. The van der Waals surface area contributed by atoms with E-state index in [-0.39, 0.29) is 0 Å². The maximum atomic E-state index is 6.36. The molecule has 2 aliphatic carbocycles. The van der Waals surface area contributed by atoms with Gasteiger partial charge in [0.2, 0.25) is 0 Å². The Kier molecular flexibility index (Phi) is 4.52. The third kappa shape index (κ3) is 3.89. The SMILES string of the molecule is CC1CCC(Oc2ccc(CNC3CC3)cc2Cl)CC1. The molecule has 0 aromatic heterocycles. The zero-order valence-corrected chi connectivity index (χ0v) is 13.0. The zero-order chi connectivity index (χ0) is 13.9. The highest BCUT2D eigenvalue weighted by molar-refractivity contribution is 6.32. The maximum Gasteiger partial charge on any atom is 0.138 e. The average Bonchev–Trinajstić information content (AvgIpc) is 3.26. The van der Waals surface area contributed by atoms with Crippen molar-refractivity contribution in [2.24, 2.45) is 5.92 Å². The Balaban J connectivity index is 1.55. The first-order valence-electron chi connectivity index (χ1n) is 7.89. The Hall–Kier alpha value is -0.730. The summed E-state index contributed by atoms with van der Waals surface area (Å²) in [5, 5.41) is 4.26. The molecular formula is C17H24ClNO. The molecular weight excluding hydrogens is 270 g/mol. The lowest BCUT2D eigenvalue weighted by atomic mass is 9.89. The summed E-state index contributed by atoms with van der Waals surface area (Å²) in [7, 11) is 0. The van der Waals surface area contributed by atoms with E-state index < -0.39 is 0 Å². The van der Waals surface area contributed by atoms with Gasteiger partial charge in [-0.2, -0.15) is 0 Å². The molecule has 0 spiro atoms. The smallest absolute Gasteiger partial charge is 0.138 e. The van der Waals surface area contributed by atoms with Gasteiger partial charge in [0.25, 0.3) is 0 Å². The Morgan fingerprint density at radius 3 is 2.55 bits per heavy atom. The summed E-state index contributed by atoms with van der Waals surface area (Å²) in [5.74, 6) is 1.70. The molecule has 3 heteroatoms. The molecule has 0 amide bonds. The van der Waals surface area contributed by atoms with Crippen molar-refractivity contribution in [3.05, 3.63) is 28.8 Å². The molecule has 0 aliphatic heterocycles. The van der Waals surface area contributed by atoms with Crippen LogP contribution in [0.15, 0.2) is 18.2 Å². The van der Waals surface area contributed by atoms with Gasteiger partial charge in [-0.05, 0) is 62.1 Å². The molecule has 0 heterocycles. The number of benzene rings is 1. The molecule has 1 aromatic carbocycles. The third-order valence-corrected chi connectivity index (χ3v) is 4.72. The largest absolute Gasteiger partial charge is 0.489 e. The van der Waals surface area contributed by atoms with Crippen molar-refractivity contribution in [1.82, 2.24) is 5.32 Å². The summed E-state index contributed by atoms with van der Waals surface area (Å²) in [6.45, 7) is 3.23. The first-order chi connectivity index (χ1) is 9.70. The second-order valence-electron chi connectivity index (χ2n) is 6.42. The fourth-order valence-corrected chi connectivity index (χ4v) is 3.07. The quantitative estimate of drug-likeness (QED) is 0.860. The lowest BCUT2D eigenvalue weighted by Crippen LogP contribution is -2.23. The highest BCUT2D eigenvalue weighted by Crippen LogP contribution is 2.31. The first kappa shape index (κ1) is 14.2. The predicted octanol–water partition coefficient (Wildman–Crippen LogP) is 4.55. The minimum absolute atomic E-state index is 0.346. The van der Waals surface area contributed by atoms with Crippen molar-refractivity contribution >= 4 is 11.6 Å². The fourth-order valence-electron chi connectivity index (χ4n) is 2.83. The van der Waals surface area contributed by atoms with Gasteiger partial charge < -0.3 is 10.1 Å². The van der Waals surface area contributed by atoms with E-state index in [4.69, 9.17) is 16.3 Å². The van der Waals surface area contributed by atoms with Gasteiger partial charge in [0, 0.05) is 12.6 Å². The van der Waals surface area contributed by atoms with Crippen molar-refractivity contribution in [2.75, 3.05) is 0 Å². The van der Waals surface area contributed by atoms with Gasteiger partial charge in [0.1, 0.15) is 5.75 Å². The molecule has 20 heavy (non-hydrogen) atoms. The van der Waals surface area contributed by atoms with E-state index in [9.17, 15) is 0 Å². The molecule has 110 valence electrons. The van der Waals surface area contributed by atoms with Crippen LogP contribution in [0.1, 0.15) is 51.0 Å². The molecule has 3 rings (SSSR count). The van der Waals surface area contributed by atoms with E-state index in [0.717, 1.165) is 42.1 Å². The fraction of sp³-hybridized carbons (Fsp3) is 0.647. The van der Waals surface area contributed by atoms with Gasteiger partial charge in [-0.25, -0.2) is 0 Å². The molecule has 1 N–H and O–H groups in total. The van der Waals surface area contributed by atoms with Crippen molar-refractivity contribution in [1.29, 1.82) is 0 Å². The van der Waals surface area contributed by atoms with E-state index in [1.54, 1.807) is 0 Å². The van der Waals surface area contributed by atoms with Crippen LogP contribution in [-0.2, 0) is 6.54 Å². The Labute approximate surface area is 126 Å². The molecule has 1 aromatic rings. The maximum absolute atomic E-state index is 6.36. The second-order valence-corrected chi connectivity index (χ2v) is 6.83. The standard InChI is InChI=1S/C17H24ClNO/c1-12-2-7-15(8-3-12)20-17-9-4-13(10-16(17)18)11-19-14-5-6-14/h4,9-10,12,14-15,19H,2-3,5-8,11H2,1H3. The highest BCUT2D eigenvalue weighted by Gasteiger charge is 2.21. The third-order valence-electron chi connectivity index (χ3n) is 4.43. The number of nitrogens with one attached hydrogen (secondary N) is 1. The number of rotatable bonds is 5. The van der Waals surface area contributed by atoms with E-state index >= 15 is 0 Å². The molecule has 2 fully saturated rings. The van der Waals surface area contributed by atoms with Crippen molar-refractivity contribution in [3.63, 3.8) is 0 Å². The second kappa shape index (κ2) is 6.36. The normalized spacial score (nSPS) is 26.5. The molecule has 2 nitrogen and oxygen atoms in total. The molecule has 0 atom stereocenters. The minimum Gasteiger partial charge on any atom is -0.489 e. The number of halogens is 1. The van der Waals surface area contributed by atoms with Crippen molar-refractivity contribution < 1.29 is 4.74 Å². The molecule has 0 bridgehead atoms. The van der Waals surface area contributed by atoms with Gasteiger partial charge in [-0.1, -0.05) is 24.6 Å². The van der Waals surface area contributed by atoms with Crippen LogP contribution in [0.5, 0.6) is 5.75 Å². The summed E-state index contributed by atoms with van der Waals surface area (Å²) in [6.07, 6.45) is 7.82. The molecule has 0 radical (unpaired) electrons. The average molecular weight is 294 g/mol. The minimum atomic E-state index is 0.346. The van der Waals surface area contributed by atoms with Gasteiger partial charge in [-0.15, -0.1) is 0 Å². The monoisotopic (exact) mass is 293 g/mol. The highest BCUT2D eigenvalue weighted by atomic mass is 35.5. The Bertz CT molecular complexity index is 450. The molecule has 0 unspecified atom stereocenters. The van der Waals surface area contributed by atoms with E-state index in [1.165, 1.54) is 31.2 Å². The van der Waals surface area contributed by atoms with E-state index in [2.05, 4.69) is 18.3 Å². The van der Waals surface area contributed by atoms with Crippen molar-refractivity contribution in [3.8, 4) is 5.75 Å². The number of ether oxygens (including phenoxy) is 1. The molecule has 0 saturated heterocycles. The summed E-state index contributed by atoms with van der Waals surface area (Å²) in [6, 6.07) is 6.93. The lowest BCUT2D eigenvalue weighted by Gasteiger charge is -2.27. The van der Waals surface area contributed by atoms with Crippen LogP contribution in [0.2, 0.25) is 5.02 Å².